The van der Waals surface area contributed by atoms with Crippen LogP contribution in [0.2, 0.25) is 0 Å². The highest BCUT2D eigenvalue weighted by atomic mass is 16.7. The summed E-state index contributed by atoms with van der Waals surface area (Å²) in [5.41, 5.74) is 0.131. The van der Waals surface area contributed by atoms with Crippen LogP contribution in [0.4, 0.5) is 0 Å². The molecule has 0 unspecified atom stereocenters. The van der Waals surface area contributed by atoms with Gasteiger partial charge in [0, 0.05) is 18.4 Å². The van der Waals surface area contributed by atoms with Gasteiger partial charge in [0.1, 0.15) is 0 Å². The number of aliphatic hydroxyl groups is 1. The van der Waals surface area contributed by atoms with Crippen LogP contribution in [-0.4, -0.2) is 31.2 Å². The second-order valence-corrected chi connectivity index (χ2v) is 3.73. The summed E-state index contributed by atoms with van der Waals surface area (Å²) < 4.78 is 10.7. The second-order valence-electron chi connectivity index (χ2n) is 3.73. The monoisotopic (exact) mass is 160 g/mol. The molecule has 1 aliphatic heterocycles. The van der Waals surface area contributed by atoms with Crippen molar-refractivity contribution in [3.8, 4) is 0 Å². The van der Waals surface area contributed by atoms with Crippen molar-refractivity contribution in [1.29, 1.82) is 0 Å². The van der Waals surface area contributed by atoms with Crippen LogP contribution in [0, 0.1) is 5.41 Å². The summed E-state index contributed by atoms with van der Waals surface area (Å²) >= 11 is 0. The van der Waals surface area contributed by atoms with E-state index < -0.39 is 0 Å². The van der Waals surface area contributed by atoms with Gasteiger partial charge >= 0.3 is 0 Å². The highest BCUT2D eigenvalue weighted by Crippen LogP contribution is 2.23. The summed E-state index contributed by atoms with van der Waals surface area (Å²) in [5, 5.41) is 8.59. The molecule has 11 heavy (non-hydrogen) atoms. The van der Waals surface area contributed by atoms with Gasteiger partial charge in [-0.2, -0.15) is 0 Å². The second kappa shape index (κ2) is 3.52. The molecule has 1 rings (SSSR count). The van der Waals surface area contributed by atoms with Gasteiger partial charge in [-0.25, -0.2) is 0 Å². The van der Waals surface area contributed by atoms with Gasteiger partial charge in [-0.05, 0) is 0 Å². The number of aliphatic hydroxyl groups excluding tert-OH is 1. The van der Waals surface area contributed by atoms with Gasteiger partial charge in [-0.15, -0.1) is 0 Å². The summed E-state index contributed by atoms with van der Waals surface area (Å²) in [6, 6.07) is 0. The first-order valence-corrected chi connectivity index (χ1v) is 3.98. The Labute approximate surface area is 67.3 Å². The molecule has 66 valence electrons. The molecule has 3 heteroatoms. The van der Waals surface area contributed by atoms with Crippen molar-refractivity contribution in [3.05, 3.63) is 0 Å². The highest BCUT2D eigenvalue weighted by Gasteiger charge is 2.27. The Morgan fingerprint density at radius 2 is 1.91 bits per heavy atom. The smallest absolute Gasteiger partial charge is 0.159 e. The first-order chi connectivity index (χ1) is 5.14. The third kappa shape index (κ3) is 2.77. The zero-order valence-corrected chi connectivity index (χ0v) is 7.17. The van der Waals surface area contributed by atoms with E-state index in [9.17, 15) is 0 Å². The van der Waals surface area contributed by atoms with E-state index in [0.717, 1.165) is 13.2 Å². The normalized spacial score (nSPS) is 25.4. The van der Waals surface area contributed by atoms with Crippen LogP contribution in [0.5, 0.6) is 0 Å². The van der Waals surface area contributed by atoms with Gasteiger partial charge in [0.25, 0.3) is 0 Å². The van der Waals surface area contributed by atoms with Gasteiger partial charge in [-0.1, -0.05) is 13.8 Å². The quantitative estimate of drug-likeness (QED) is 0.648. The molecule has 1 heterocycles. The maximum atomic E-state index is 8.59. The fourth-order valence-electron chi connectivity index (χ4n) is 0.999. The Morgan fingerprint density at radius 1 is 1.36 bits per heavy atom. The van der Waals surface area contributed by atoms with Gasteiger partial charge in [-0.3, -0.25) is 0 Å². The number of rotatable bonds is 2. The lowest BCUT2D eigenvalue weighted by molar-refractivity contribution is -0.226. The molecule has 1 N–H and O–H groups in total. The molecule has 3 nitrogen and oxygen atoms in total. The van der Waals surface area contributed by atoms with Crippen LogP contribution < -0.4 is 0 Å². The van der Waals surface area contributed by atoms with Crippen LogP contribution in [-0.2, 0) is 9.47 Å². The molecule has 0 saturated carbocycles. The van der Waals surface area contributed by atoms with Crippen LogP contribution in [0.1, 0.15) is 20.3 Å². The number of ether oxygens (including phenoxy) is 2. The van der Waals surface area contributed by atoms with E-state index in [1.54, 1.807) is 0 Å². The third-order valence-electron chi connectivity index (χ3n) is 1.68. The third-order valence-corrected chi connectivity index (χ3v) is 1.68. The van der Waals surface area contributed by atoms with Gasteiger partial charge < -0.3 is 14.6 Å². The minimum atomic E-state index is -0.187. The van der Waals surface area contributed by atoms with E-state index in [0.29, 0.717) is 6.42 Å². The SMILES string of the molecule is CC1(C)COC(CCO)OC1. The Morgan fingerprint density at radius 3 is 2.36 bits per heavy atom. The number of hydrogen-bond acceptors (Lipinski definition) is 3. The van der Waals surface area contributed by atoms with Crippen molar-refractivity contribution < 1.29 is 14.6 Å². The zero-order chi connectivity index (χ0) is 8.32. The Hall–Kier alpha value is -0.120. The van der Waals surface area contributed by atoms with Gasteiger partial charge in [0.15, 0.2) is 6.29 Å². The summed E-state index contributed by atoms with van der Waals surface area (Å²) in [5.74, 6) is 0. The van der Waals surface area contributed by atoms with Crippen LogP contribution >= 0.6 is 0 Å². The van der Waals surface area contributed by atoms with Crippen molar-refractivity contribution >= 4 is 0 Å². The summed E-state index contributed by atoms with van der Waals surface area (Å²) in [4.78, 5) is 0. The molecule has 0 aliphatic carbocycles. The van der Waals surface area contributed by atoms with Crippen molar-refractivity contribution in [3.63, 3.8) is 0 Å². The largest absolute Gasteiger partial charge is 0.396 e. The maximum absolute atomic E-state index is 8.59. The summed E-state index contributed by atoms with van der Waals surface area (Å²) in [6.07, 6.45) is 0.392. The molecule has 0 aromatic heterocycles. The molecular weight excluding hydrogens is 144 g/mol. The minimum Gasteiger partial charge on any atom is -0.396 e. The van der Waals surface area contributed by atoms with E-state index in [-0.39, 0.29) is 18.3 Å². The molecule has 1 aliphatic rings. The number of hydrogen-bond donors (Lipinski definition) is 1. The van der Waals surface area contributed by atoms with E-state index in [2.05, 4.69) is 13.8 Å². The average molecular weight is 160 g/mol. The standard InChI is InChI=1S/C8H16O3/c1-8(2)5-10-7(3-4-9)11-6-8/h7,9H,3-6H2,1-2H3. The first-order valence-electron chi connectivity index (χ1n) is 3.98. The predicted octanol–water partition coefficient (Wildman–Crippen LogP) is 0.768. The van der Waals surface area contributed by atoms with Crippen molar-refractivity contribution in [2.75, 3.05) is 19.8 Å². The predicted molar refractivity (Wildman–Crippen MR) is 41.2 cm³/mol. The van der Waals surface area contributed by atoms with Crippen LogP contribution in [0.25, 0.3) is 0 Å². The molecular formula is C8H16O3. The molecule has 0 bridgehead atoms. The zero-order valence-electron chi connectivity index (χ0n) is 7.17. The highest BCUT2D eigenvalue weighted by molar-refractivity contribution is 4.70. The Kier molecular flexibility index (Phi) is 2.87. The minimum absolute atomic E-state index is 0.130. The van der Waals surface area contributed by atoms with Gasteiger partial charge in [0.2, 0.25) is 0 Å². The van der Waals surface area contributed by atoms with Gasteiger partial charge in [0.05, 0.1) is 13.2 Å². The molecule has 0 atom stereocenters. The molecule has 0 amide bonds. The molecule has 0 spiro atoms. The van der Waals surface area contributed by atoms with E-state index in [4.69, 9.17) is 14.6 Å². The summed E-state index contributed by atoms with van der Waals surface area (Å²) in [7, 11) is 0. The van der Waals surface area contributed by atoms with E-state index in [1.165, 1.54) is 0 Å². The maximum Gasteiger partial charge on any atom is 0.159 e. The van der Waals surface area contributed by atoms with Crippen LogP contribution in [0.3, 0.4) is 0 Å². The first kappa shape index (κ1) is 8.97. The van der Waals surface area contributed by atoms with E-state index >= 15 is 0 Å². The average Bonchev–Trinajstić information content (AvgIpc) is 1.94. The molecule has 0 radical (unpaired) electrons. The topological polar surface area (TPSA) is 38.7 Å². The lowest BCUT2D eigenvalue weighted by Crippen LogP contribution is -2.38. The lowest BCUT2D eigenvalue weighted by Gasteiger charge is -2.34. The lowest BCUT2D eigenvalue weighted by atomic mass is 9.95. The fraction of sp³-hybridized carbons (Fsp3) is 1.00. The van der Waals surface area contributed by atoms with Crippen LogP contribution in [0.15, 0.2) is 0 Å². The molecule has 1 saturated heterocycles. The van der Waals surface area contributed by atoms with Crippen molar-refractivity contribution in [2.45, 2.75) is 26.6 Å². The van der Waals surface area contributed by atoms with E-state index in [1.807, 2.05) is 0 Å². The Balaban J connectivity index is 2.25. The molecule has 1 fully saturated rings. The fourth-order valence-corrected chi connectivity index (χ4v) is 0.999. The van der Waals surface area contributed by atoms with Crippen molar-refractivity contribution in [1.82, 2.24) is 0 Å². The molecule has 0 aromatic carbocycles. The molecule has 0 aromatic rings. The summed E-state index contributed by atoms with van der Waals surface area (Å²) in [6.45, 7) is 5.77. The van der Waals surface area contributed by atoms with Crippen molar-refractivity contribution in [2.24, 2.45) is 5.41 Å². The Bertz CT molecular complexity index is 113.